The summed E-state index contributed by atoms with van der Waals surface area (Å²) in [7, 11) is 0. The topological polar surface area (TPSA) is 6.48 Å². The number of anilines is 6. The maximum Gasteiger partial charge on any atom is 0.0540 e. The lowest BCUT2D eigenvalue weighted by molar-refractivity contribution is 0.660. The molecule has 1 aliphatic rings. The average Bonchev–Trinajstić information content (AvgIpc) is 3.54. The van der Waals surface area contributed by atoms with Crippen molar-refractivity contribution in [2.45, 2.75) is 19.3 Å². The predicted molar refractivity (Wildman–Crippen MR) is 259 cm³/mol. The van der Waals surface area contributed by atoms with Crippen molar-refractivity contribution in [3.05, 3.63) is 242 Å². The number of nitrogens with zero attached hydrogens (tertiary/aromatic N) is 2. The van der Waals surface area contributed by atoms with E-state index in [0.29, 0.717) is 0 Å². The van der Waals surface area contributed by atoms with Crippen molar-refractivity contribution in [3.8, 4) is 33.4 Å². The highest BCUT2D eigenvalue weighted by atomic mass is 15.1. The fraction of sp³-hybridized carbons (Fsp3) is 0.0508. The molecule has 0 atom stereocenters. The van der Waals surface area contributed by atoms with Gasteiger partial charge in [0.25, 0.3) is 0 Å². The molecule has 0 aromatic heterocycles. The molecule has 0 radical (unpaired) electrons. The van der Waals surface area contributed by atoms with Crippen LogP contribution in [0, 0.1) is 0 Å². The van der Waals surface area contributed by atoms with E-state index in [9.17, 15) is 0 Å². The number of benzene rings is 10. The number of para-hydroxylation sites is 1. The van der Waals surface area contributed by atoms with Gasteiger partial charge in [-0.3, -0.25) is 0 Å². The third kappa shape index (κ3) is 6.45. The fourth-order valence-electron chi connectivity index (χ4n) is 9.47. The molecule has 0 fully saturated rings. The van der Waals surface area contributed by atoms with Crippen molar-refractivity contribution < 1.29 is 0 Å². The third-order valence-electron chi connectivity index (χ3n) is 12.6. The maximum atomic E-state index is 2.43. The average molecular weight is 781 g/mol. The molecular weight excluding hydrogens is 737 g/mol. The highest BCUT2D eigenvalue weighted by Gasteiger charge is 2.37. The van der Waals surface area contributed by atoms with Crippen molar-refractivity contribution in [1.29, 1.82) is 0 Å². The molecule has 0 amide bonds. The van der Waals surface area contributed by atoms with Crippen molar-refractivity contribution in [3.63, 3.8) is 0 Å². The van der Waals surface area contributed by atoms with Crippen LogP contribution in [0.1, 0.15) is 25.0 Å². The summed E-state index contributed by atoms with van der Waals surface area (Å²) in [5, 5.41) is 4.90. The molecule has 0 bridgehead atoms. The molecule has 61 heavy (non-hydrogen) atoms. The van der Waals surface area contributed by atoms with Crippen LogP contribution in [0.15, 0.2) is 231 Å². The quantitative estimate of drug-likeness (QED) is 0.152. The van der Waals surface area contributed by atoms with Crippen LogP contribution in [-0.4, -0.2) is 0 Å². The molecule has 0 N–H and O–H groups in total. The van der Waals surface area contributed by atoms with E-state index in [-0.39, 0.29) is 5.41 Å². The Labute approximate surface area is 358 Å². The Hall–Kier alpha value is -7.68. The number of rotatable bonds is 8. The highest BCUT2D eigenvalue weighted by Crippen LogP contribution is 2.53. The predicted octanol–water partition coefficient (Wildman–Crippen LogP) is 16.6. The van der Waals surface area contributed by atoms with Crippen molar-refractivity contribution in [1.82, 2.24) is 0 Å². The van der Waals surface area contributed by atoms with Crippen LogP contribution in [0.2, 0.25) is 0 Å². The summed E-state index contributed by atoms with van der Waals surface area (Å²) in [6.45, 7) is 4.77. The molecular formula is C59H44N2. The molecule has 290 valence electrons. The van der Waals surface area contributed by atoms with E-state index in [1.165, 1.54) is 71.7 Å². The first-order valence-corrected chi connectivity index (χ1v) is 21.2. The SMILES string of the molecule is CC1(C)c2cc(N(c3ccc(-c4cccc(-c5ccccc5)c4)cc3)c3ccc4ccccc4c3)ccc2-c2ccc(N(c3ccccc3)c3cccc4ccccc34)cc21. The number of fused-ring (bicyclic) bond motifs is 5. The van der Waals surface area contributed by atoms with Gasteiger partial charge in [-0.15, -0.1) is 0 Å². The van der Waals surface area contributed by atoms with Gasteiger partial charge in [-0.25, -0.2) is 0 Å². The summed E-state index contributed by atoms with van der Waals surface area (Å²) >= 11 is 0. The minimum absolute atomic E-state index is 0.250. The number of hydrogen-bond acceptors (Lipinski definition) is 2. The summed E-state index contributed by atoms with van der Waals surface area (Å²) in [5.74, 6) is 0. The first kappa shape index (κ1) is 36.4. The third-order valence-corrected chi connectivity index (χ3v) is 12.6. The van der Waals surface area contributed by atoms with Gasteiger partial charge in [-0.1, -0.05) is 172 Å². The fourth-order valence-corrected chi connectivity index (χ4v) is 9.47. The molecule has 2 heteroatoms. The van der Waals surface area contributed by atoms with Gasteiger partial charge in [0.15, 0.2) is 0 Å². The van der Waals surface area contributed by atoms with E-state index in [2.05, 4.69) is 254 Å². The Morgan fingerprint density at radius 2 is 0.770 bits per heavy atom. The van der Waals surface area contributed by atoms with Gasteiger partial charge in [0.05, 0.1) is 5.69 Å². The van der Waals surface area contributed by atoms with E-state index in [4.69, 9.17) is 0 Å². The zero-order chi connectivity index (χ0) is 40.9. The summed E-state index contributed by atoms with van der Waals surface area (Å²) in [6.07, 6.45) is 0. The molecule has 10 aromatic carbocycles. The smallest absolute Gasteiger partial charge is 0.0540 e. The van der Waals surface area contributed by atoms with Gasteiger partial charge in [-0.05, 0) is 133 Å². The van der Waals surface area contributed by atoms with Crippen LogP contribution in [-0.2, 0) is 5.41 Å². The summed E-state index contributed by atoms with van der Waals surface area (Å²) < 4.78 is 0. The van der Waals surface area contributed by atoms with E-state index in [1.807, 2.05) is 0 Å². The van der Waals surface area contributed by atoms with Gasteiger partial charge in [0.1, 0.15) is 0 Å². The standard InChI is InChI=1S/C59H44N2/c1-59(2)56-39-51(33-35-54(56)55-36-34-52(40-57(55)59)61(48-23-7-4-8-24-48)58-26-14-20-44-18-11-12-25-53(44)58)60(50-32-29-42-17-9-10-19-47(42)38-50)49-30-27-43(28-31-49)46-22-13-21-45(37-46)41-15-5-3-6-16-41/h3-40H,1-2H3. The Morgan fingerprint density at radius 3 is 1.48 bits per heavy atom. The summed E-state index contributed by atoms with van der Waals surface area (Å²) in [4.78, 5) is 4.83. The molecule has 2 nitrogen and oxygen atoms in total. The first-order chi connectivity index (χ1) is 30.0. The molecule has 10 aromatic rings. The summed E-state index contributed by atoms with van der Waals surface area (Å²) in [6, 6.07) is 84.1. The molecule has 1 aliphatic carbocycles. The van der Waals surface area contributed by atoms with Crippen LogP contribution in [0.4, 0.5) is 34.1 Å². The van der Waals surface area contributed by atoms with Gasteiger partial charge in [-0.2, -0.15) is 0 Å². The summed E-state index contributed by atoms with van der Waals surface area (Å²) in [5.41, 5.74) is 16.6. The van der Waals surface area contributed by atoms with Gasteiger partial charge in [0, 0.05) is 39.2 Å². The van der Waals surface area contributed by atoms with Crippen molar-refractivity contribution >= 4 is 55.7 Å². The molecule has 0 aliphatic heterocycles. The number of hydrogen-bond donors (Lipinski definition) is 0. The van der Waals surface area contributed by atoms with Crippen molar-refractivity contribution in [2.75, 3.05) is 9.80 Å². The molecule has 11 rings (SSSR count). The molecule has 0 saturated carbocycles. The normalized spacial score (nSPS) is 12.6. The first-order valence-electron chi connectivity index (χ1n) is 21.2. The second-order valence-corrected chi connectivity index (χ2v) is 16.6. The van der Waals surface area contributed by atoms with E-state index >= 15 is 0 Å². The second kappa shape index (κ2) is 14.9. The lowest BCUT2D eigenvalue weighted by Crippen LogP contribution is -2.17. The largest absolute Gasteiger partial charge is 0.310 e. The van der Waals surface area contributed by atoms with E-state index < -0.39 is 0 Å². The van der Waals surface area contributed by atoms with Gasteiger partial charge in [0.2, 0.25) is 0 Å². The highest BCUT2D eigenvalue weighted by molar-refractivity contribution is 5.99. The molecule has 0 unspecified atom stereocenters. The Morgan fingerprint density at radius 1 is 0.295 bits per heavy atom. The Kier molecular flexibility index (Phi) is 8.86. The van der Waals surface area contributed by atoms with Crippen LogP contribution >= 0.6 is 0 Å². The van der Waals surface area contributed by atoms with Crippen LogP contribution in [0.3, 0.4) is 0 Å². The van der Waals surface area contributed by atoms with Crippen LogP contribution in [0.5, 0.6) is 0 Å². The Balaban J connectivity index is 1.00. The Bertz CT molecular complexity index is 3210. The lowest BCUT2D eigenvalue weighted by Gasteiger charge is -2.29. The van der Waals surface area contributed by atoms with Gasteiger partial charge < -0.3 is 9.80 Å². The van der Waals surface area contributed by atoms with Crippen LogP contribution in [0.25, 0.3) is 54.9 Å². The zero-order valence-corrected chi connectivity index (χ0v) is 34.3. The second-order valence-electron chi connectivity index (χ2n) is 16.6. The lowest BCUT2D eigenvalue weighted by atomic mass is 9.82. The van der Waals surface area contributed by atoms with Crippen molar-refractivity contribution in [2.24, 2.45) is 0 Å². The van der Waals surface area contributed by atoms with Crippen LogP contribution < -0.4 is 9.80 Å². The maximum absolute atomic E-state index is 2.43. The molecule has 0 saturated heterocycles. The van der Waals surface area contributed by atoms with E-state index in [1.54, 1.807) is 0 Å². The monoisotopic (exact) mass is 780 g/mol. The molecule has 0 heterocycles. The zero-order valence-electron chi connectivity index (χ0n) is 34.3. The van der Waals surface area contributed by atoms with E-state index in [0.717, 1.165) is 28.4 Å². The molecule has 0 spiro atoms. The van der Waals surface area contributed by atoms with Gasteiger partial charge >= 0.3 is 0 Å². The minimum atomic E-state index is -0.250. The minimum Gasteiger partial charge on any atom is -0.310 e.